The zero-order chi connectivity index (χ0) is 41.6. The molecule has 0 spiro atoms. The number of nitrogens with one attached hydrogen (secondary N) is 2. The average molecular weight is 820 g/mol. The first-order valence-corrected chi connectivity index (χ1v) is 20.8. The largest absolute Gasteiger partial charge is 0.489 e. The molecule has 3 saturated heterocycles. The minimum atomic E-state index is -0.784. The number of benzene rings is 2. The number of fused-ring (bicyclic) bond motifs is 1. The number of anilines is 2. The Morgan fingerprint density at radius 3 is 2.34 bits per heavy atom. The molecule has 0 unspecified atom stereocenters. The van der Waals surface area contributed by atoms with E-state index in [2.05, 4.69) is 64.2 Å². The van der Waals surface area contributed by atoms with Crippen molar-refractivity contribution in [1.82, 2.24) is 30.3 Å². The summed E-state index contributed by atoms with van der Waals surface area (Å²) in [6.45, 7) is 14.9. The van der Waals surface area contributed by atoms with E-state index in [0.717, 1.165) is 75.5 Å². The van der Waals surface area contributed by atoms with Crippen molar-refractivity contribution in [2.75, 3.05) is 55.6 Å². The van der Waals surface area contributed by atoms with Crippen molar-refractivity contribution >= 4 is 51.6 Å². The van der Waals surface area contributed by atoms with Crippen LogP contribution in [0.3, 0.4) is 0 Å². The Balaban J connectivity index is 0.792. The molecule has 14 nitrogen and oxygen atoms in total. The van der Waals surface area contributed by atoms with Crippen molar-refractivity contribution in [3.05, 3.63) is 87.4 Å². The van der Waals surface area contributed by atoms with E-state index in [1.54, 1.807) is 30.6 Å². The van der Waals surface area contributed by atoms with Gasteiger partial charge in [0.2, 0.25) is 5.91 Å². The highest BCUT2D eigenvalue weighted by Gasteiger charge is 2.64. The van der Waals surface area contributed by atoms with Crippen molar-refractivity contribution in [2.45, 2.75) is 71.6 Å². The number of pyridine rings is 1. The third-order valence-corrected chi connectivity index (χ3v) is 13.2. The number of piperazine rings is 1. The summed E-state index contributed by atoms with van der Waals surface area (Å²) in [6, 6.07) is 15.8. The van der Waals surface area contributed by atoms with Crippen LogP contribution in [-0.4, -0.2) is 95.3 Å². The monoisotopic (exact) mass is 819 g/mol. The Bertz CT molecular complexity index is 2360. The molecular formula is C44H50ClN9O5. The van der Waals surface area contributed by atoms with Crippen molar-refractivity contribution in [3.63, 3.8) is 0 Å². The standard InChI is InChI=1S/C44H50ClN9O5/c1-43(2)41(44(3,4)42(43)59-32-8-5-28(23-46)34(45)22-32)50-38(56)29-6-11-36(47-24-29)53-15-13-27(14-16-53)26-51-17-19-52(20-18-51)31-7-9-33-30(21-31)25-48-54(40(33)58)35-10-12-37(55)49-39(35)57/h5-9,11,21-22,24-25,27,35,41-42H,10,12-20,26H2,1-4H3,(H,50,56)(H,49,55,57)/t35-,41-,42-/m1/s1. The highest BCUT2D eigenvalue weighted by atomic mass is 35.5. The SMILES string of the molecule is CC1(C)[C@H](NC(=O)c2ccc(N3CCC(CN4CCN(c5ccc6c(=O)n([C@@H]7CCC(=O)NC7=O)ncc6c5)CC4)CC3)nc2)C(C)(C)[C@H]1Oc1ccc(C#N)c(Cl)c1. The second-order valence-corrected chi connectivity index (χ2v) is 18.0. The van der Waals surface area contributed by atoms with Gasteiger partial charge in [0.15, 0.2) is 0 Å². The van der Waals surface area contributed by atoms with Gasteiger partial charge in [0.1, 0.15) is 29.8 Å². The molecule has 5 heterocycles. The topological polar surface area (TPSA) is 166 Å². The van der Waals surface area contributed by atoms with Crippen molar-refractivity contribution < 1.29 is 19.1 Å². The molecule has 0 radical (unpaired) electrons. The molecule has 2 aromatic heterocycles. The van der Waals surface area contributed by atoms with E-state index in [1.807, 2.05) is 30.3 Å². The number of carbonyl (C=O) groups excluding carboxylic acids is 3. The number of aromatic nitrogens is 3. The maximum Gasteiger partial charge on any atom is 0.275 e. The van der Waals surface area contributed by atoms with Crippen molar-refractivity contribution in [1.29, 1.82) is 5.26 Å². The van der Waals surface area contributed by atoms with Gasteiger partial charge in [-0.25, -0.2) is 9.67 Å². The van der Waals surface area contributed by atoms with Gasteiger partial charge >= 0.3 is 0 Å². The first-order chi connectivity index (χ1) is 28.2. The summed E-state index contributed by atoms with van der Waals surface area (Å²) in [4.78, 5) is 62.6. The summed E-state index contributed by atoms with van der Waals surface area (Å²) in [5.74, 6) is 1.09. The van der Waals surface area contributed by atoms with Crippen molar-refractivity contribution in [2.24, 2.45) is 16.7 Å². The quantitative estimate of drug-likeness (QED) is 0.220. The highest BCUT2D eigenvalue weighted by Crippen LogP contribution is 2.55. The maximum absolute atomic E-state index is 13.5. The fourth-order valence-electron chi connectivity index (χ4n) is 9.90. The fraction of sp³-hybridized carbons (Fsp3) is 0.477. The molecule has 2 aromatic carbocycles. The van der Waals surface area contributed by atoms with Gasteiger partial charge in [-0.05, 0) is 67.6 Å². The van der Waals surface area contributed by atoms with Crippen LogP contribution in [0.2, 0.25) is 5.02 Å². The summed E-state index contributed by atoms with van der Waals surface area (Å²) in [5, 5.41) is 20.7. The Labute approximate surface area is 348 Å². The van der Waals surface area contributed by atoms with Gasteiger partial charge in [-0.1, -0.05) is 39.3 Å². The number of ether oxygens (including phenoxy) is 1. The summed E-state index contributed by atoms with van der Waals surface area (Å²) >= 11 is 6.25. The van der Waals surface area contributed by atoms with Gasteiger partial charge in [0.25, 0.3) is 17.4 Å². The first-order valence-electron chi connectivity index (χ1n) is 20.4. The molecule has 1 aliphatic carbocycles. The van der Waals surface area contributed by atoms with Crippen LogP contribution in [-0.2, 0) is 9.59 Å². The lowest BCUT2D eigenvalue weighted by Crippen LogP contribution is -2.74. The van der Waals surface area contributed by atoms with E-state index in [-0.39, 0.29) is 53.2 Å². The number of imide groups is 1. The fourth-order valence-corrected chi connectivity index (χ4v) is 10.1. The number of nitrogens with zero attached hydrogens (tertiary/aromatic N) is 7. The number of carbonyl (C=O) groups is 3. The lowest BCUT2D eigenvalue weighted by molar-refractivity contribution is -0.164. The molecule has 1 atom stereocenters. The predicted molar refractivity (Wildman–Crippen MR) is 225 cm³/mol. The number of rotatable bonds is 9. The number of hydrogen-bond donors (Lipinski definition) is 2. The van der Waals surface area contributed by atoms with Gasteiger partial charge in [-0.3, -0.25) is 29.4 Å². The normalized spacial score (nSPS) is 23.3. The molecule has 3 amide bonds. The lowest BCUT2D eigenvalue weighted by Gasteiger charge is -2.63. The summed E-state index contributed by atoms with van der Waals surface area (Å²) in [5.41, 5.74) is 0.904. The van der Waals surface area contributed by atoms with E-state index in [0.29, 0.717) is 33.2 Å². The van der Waals surface area contributed by atoms with Crippen LogP contribution in [0.1, 0.15) is 75.3 Å². The minimum Gasteiger partial charge on any atom is -0.489 e. The second kappa shape index (κ2) is 15.9. The van der Waals surface area contributed by atoms with Gasteiger partial charge < -0.3 is 19.9 Å². The zero-order valence-corrected chi connectivity index (χ0v) is 34.7. The second-order valence-electron chi connectivity index (χ2n) is 17.6. The minimum absolute atomic E-state index is 0.143. The number of amides is 3. The van der Waals surface area contributed by atoms with E-state index < -0.39 is 11.9 Å². The molecule has 4 aliphatic rings. The molecular weight excluding hydrogens is 770 g/mol. The van der Waals surface area contributed by atoms with Crippen LogP contribution in [0.15, 0.2) is 65.7 Å². The Morgan fingerprint density at radius 1 is 0.932 bits per heavy atom. The Morgan fingerprint density at radius 2 is 1.68 bits per heavy atom. The molecule has 308 valence electrons. The number of halogens is 1. The number of piperidine rings is 2. The van der Waals surface area contributed by atoms with E-state index >= 15 is 0 Å². The Hall–Kier alpha value is -5.52. The van der Waals surface area contributed by atoms with E-state index in [1.165, 1.54) is 4.68 Å². The third kappa shape index (κ3) is 7.85. The van der Waals surface area contributed by atoms with Crippen LogP contribution >= 0.6 is 11.6 Å². The predicted octanol–water partition coefficient (Wildman–Crippen LogP) is 4.94. The van der Waals surface area contributed by atoms with Crippen molar-refractivity contribution in [3.8, 4) is 11.8 Å². The average Bonchev–Trinajstić information content (AvgIpc) is 3.22. The number of nitriles is 1. The molecule has 59 heavy (non-hydrogen) atoms. The molecule has 0 bridgehead atoms. The molecule has 4 fully saturated rings. The van der Waals surface area contributed by atoms with E-state index in [9.17, 15) is 24.4 Å². The van der Waals surface area contributed by atoms with Crippen LogP contribution < -0.4 is 30.7 Å². The van der Waals surface area contributed by atoms with Crippen LogP contribution in [0.5, 0.6) is 5.75 Å². The highest BCUT2D eigenvalue weighted by molar-refractivity contribution is 6.31. The van der Waals surface area contributed by atoms with Gasteiger partial charge in [0.05, 0.1) is 27.7 Å². The summed E-state index contributed by atoms with van der Waals surface area (Å²) < 4.78 is 7.57. The van der Waals surface area contributed by atoms with Gasteiger partial charge in [-0.15, -0.1) is 0 Å². The molecule has 3 aliphatic heterocycles. The third-order valence-electron chi connectivity index (χ3n) is 12.9. The van der Waals surface area contributed by atoms with Gasteiger partial charge in [0, 0.05) is 92.4 Å². The first kappa shape index (κ1) is 40.3. The zero-order valence-electron chi connectivity index (χ0n) is 33.9. The van der Waals surface area contributed by atoms with Crippen LogP contribution in [0.25, 0.3) is 10.8 Å². The number of hydrogen-bond acceptors (Lipinski definition) is 11. The van der Waals surface area contributed by atoms with Gasteiger partial charge in [-0.2, -0.15) is 10.4 Å². The Kier molecular flexibility index (Phi) is 10.9. The smallest absolute Gasteiger partial charge is 0.275 e. The van der Waals surface area contributed by atoms with E-state index in [4.69, 9.17) is 21.3 Å². The molecule has 2 N–H and O–H groups in total. The molecule has 1 saturated carbocycles. The lowest BCUT2D eigenvalue weighted by atomic mass is 9.49. The van der Waals surface area contributed by atoms with Crippen LogP contribution in [0.4, 0.5) is 11.5 Å². The summed E-state index contributed by atoms with van der Waals surface area (Å²) in [6.07, 6.45) is 5.70. The maximum atomic E-state index is 13.5. The molecule has 4 aromatic rings. The molecule has 15 heteroatoms. The summed E-state index contributed by atoms with van der Waals surface area (Å²) in [7, 11) is 0. The van der Waals surface area contributed by atoms with Crippen LogP contribution in [0, 0.1) is 28.1 Å². The molecule has 8 rings (SSSR count).